The normalized spacial score (nSPS) is 11.0. The second kappa shape index (κ2) is 5.90. The van der Waals surface area contributed by atoms with Gasteiger partial charge in [-0.15, -0.1) is 11.3 Å². The molecule has 5 nitrogen and oxygen atoms in total. The third-order valence-corrected chi connectivity index (χ3v) is 4.43. The van der Waals surface area contributed by atoms with Gasteiger partial charge < -0.3 is 14.0 Å². The van der Waals surface area contributed by atoms with Gasteiger partial charge in [0.2, 0.25) is 0 Å². The van der Waals surface area contributed by atoms with Crippen LogP contribution in [0.1, 0.15) is 20.9 Å². The zero-order chi connectivity index (χ0) is 15.7. The van der Waals surface area contributed by atoms with Gasteiger partial charge in [0.05, 0.1) is 19.4 Å². The third-order valence-electron chi connectivity index (χ3n) is 3.38. The van der Waals surface area contributed by atoms with E-state index in [-0.39, 0.29) is 5.97 Å². The molecule has 3 rings (SSSR count). The van der Waals surface area contributed by atoms with E-state index in [1.54, 1.807) is 7.11 Å². The van der Waals surface area contributed by atoms with Crippen LogP contribution < -0.4 is 0 Å². The molecule has 3 aromatic heterocycles. The maximum absolute atomic E-state index is 12.2. The summed E-state index contributed by atoms with van der Waals surface area (Å²) in [4.78, 5) is 18.1. The monoisotopic (exact) mass is 316 g/mol. The molecule has 22 heavy (non-hydrogen) atoms. The van der Waals surface area contributed by atoms with E-state index in [2.05, 4.69) is 4.98 Å². The Bertz CT molecular complexity index is 822. The lowest BCUT2D eigenvalue weighted by Gasteiger charge is -2.09. The van der Waals surface area contributed by atoms with Crippen molar-refractivity contribution in [2.24, 2.45) is 0 Å². The number of rotatable bonds is 4. The standard InChI is InChI=1S/C16H16N2O3S/c1-10-8-11(9-20-2)12-13(18-6-4-5-7-18)14(16(19)21-3)22-15(12)17-10/h4-8H,9H2,1-3H3. The van der Waals surface area contributed by atoms with Crippen LogP contribution in [-0.2, 0) is 16.1 Å². The molecule has 0 bridgehead atoms. The molecule has 0 atom stereocenters. The summed E-state index contributed by atoms with van der Waals surface area (Å²) in [6.45, 7) is 2.40. The Balaban J connectivity index is 2.38. The summed E-state index contributed by atoms with van der Waals surface area (Å²) in [5.41, 5.74) is 2.72. The fourth-order valence-electron chi connectivity index (χ4n) is 2.53. The van der Waals surface area contributed by atoms with Gasteiger partial charge in [0.1, 0.15) is 9.71 Å². The van der Waals surface area contributed by atoms with Gasteiger partial charge in [-0.1, -0.05) is 0 Å². The van der Waals surface area contributed by atoms with E-state index in [1.165, 1.54) is 18.4 Å². The molecule has 3 aromatic rings. The van der Waals surface area contributed by atoms with Crippen molar-refractivity contribution in [3.63, 3.8) is 0 Å². The number of aryl methyl sites for hydroxylation is 1. The zero-order valence-corrected chi connectivity index (χ0v) is 13.4. The van der Waals surface area contributed by atoms with Crippen LogP contribution in [0.3, 0.4) is 0 Å². The van der Waals surface area contributed by atoms with Crippen molar-refractivity contribution in [1.29, 1.82) is 0 Å². The first-order chi connectivity index (χ1) is 10.7. The number of fused-ring (bicyclic) bond motifs is 1. The van der Waals surface area contributed by atoms with Gasteiger partial charge in [0.25, 0.3) is 0 Å². The first kappa shape index (κ1) is 14.7. The maximum atomic E-state index is 12.2. The number of methoxy groups -OCH3 is 2. The summed E-state index contributed by atoms with van der Waals surface area (Å²) in [5, 5.41) is 0.939. The fourth-order valence-corrected chi connectivity index (χ4v) is 3.71. The molecular weight excluding hydrogens is 300 g/mol. The molecule has 0 aliphatic rings. The highest BCUT2D eigenvalue weighted by Gasteiger charge is 2.23. The summed E-state index contributed by atoms with van der Waals surface area (Å²) < 4.78 is 12.2. The Morgan fingerprint density at radius 2 is 2.05 bits per heavy atom. The SMILES string of the molecule is COCc1cc(C)nc2sc(C(=O)OC)c(-n3cccc3)c12. The van der Waals surface area contributed by atoms with Crippen LogP contribution in [-0.4, -0.2) is 29.7 Å². The molecular formula is C16H16N2O3S. The minimum absolute atomic E-state index is 0.354. The Hall–Kier alpha value is -2.18. The number of nitrogens with zero attached hydrogens (tertiary/aromatic N) is 2. The summed E-state index contributed by atoms with van der Waals surface area (Å²) in [6, 6.07) is 5.83. The number of carbonyl (C=O) groups excluding carboxylic acids is 1. The number of aromatic nitrogens is 2. The lowest BCUT2D eigenvalue weighted by atomic mass is 10.1. The molecule has 0 aliphatic carbocycles. The molecule has 6 heteroatoms. The minimum atomic E-state index is -0.354. The number of esters is 1. The van der Waals surface area contributed by atoms with Gasteiger partial charge in [0.15, 0.2) is 0 Å². The van der Waals surface area contributed by atoms with Crippen LogP contribution in [0.25, 0.3) is 15.9 Å². The Morgan fingerprint density at radius 3 is 2.68 bits per heavy atom. The van der Waals surface area contributed by atoms with Crippen LogP contribution in [0, 0.1) is 6.92 Å². The van der Waals surface area contributed by atoms with Crippen molar-refractivity contribution in [3.8, 4) is 5.69 Å². The summed E-state index contributed by atoms with van der Waals surface area (Å²) in [7, 11) is 3.05. The number of thiophene rings is 1. The predicted molar refractivity (Wildman–Crippen MR) is 85.7 cm³/mol. The van der Waals surface area contributed by atoms with E-state index in [4.69, 9.17) is 9.47 Å². The van der Waals surface area contributed by atoms with E-state index >= 15 is 0 Å². The van der Waals surface area contributed by atoms with E-state index in [0.717, 1.165) is 27.2 Å². The first-order valence-corrected chi connectivity index (χ1v) is 7.61. The van der Waals surface area contributed by atoms with Crippen molar-refractivity contribution >= 4 is 27.5 Å². The smallest absolute Gasteiger partial charge is 0.350 e. The van der Waals surface area contributed by atoms with Crippen LogP contribution >= 0.6 is 11.3 Å². The highest BCUT2D eigenvalue weighted by molar-refractivity contribution is 7.21. The first-order valence-electron chi connectivity index (χ1n) is 6.79. The molecule has 0 N–H and O–H groups in total. The fraction of sp³-hybridized carbons (Fsp3) is 0.250. The topological polar surface area (TPSA) is 53.4 Å². The van der Waals surface area contributed by atoms with Gasteiger partial charge in [-0.2, -0.15) is 0 Å². The van der Waals surface area contributed by atoms with Crippen LogP contribution in [0.4, 0.5) is 0 Å². The number of carbonyl (C=O) groups is 1. The van der Waals surface area contributed by atoms with E-state index in [0.29, 0.717) is 11.5 Å². The Labute approximate surface area is 132 Å². The molecule has 0 aromatic carbocycles. The molecule has 114 valence electrons. The van der Waals surface area contributed by atoms with E-state index < -0.39 is 0 Å². The van der Waals surface area contributed by atoms with Crippen molar-refractivity contribution in [2.75, 3.05) is 14.2 Å². The molecule has 0 radical (unpaired) electrons. The second-order valence-electron chi connectivity index (χ2n) is 4.90. The molecule has 0 spiro atoms. The average Bonchev–Trinajstić information content (AvgIpc) is 3.12. The molecule has 0 aliphatic heterocycles. The Kier molecular flexibility index (Phi) is 3.96. The van der Waals surface area contributed by atoms with Crippen molar-refractivity contribution in [3.05, 3.63) is 46.7 Å². The molecule has 0 fully saturated rings. The van der Waals surface area contributed by atoms with Crippen molar-refractivity contribution in [2.45, 2.75) is 13.5 Å². The highest BCUT2D eigenvalue weighted by Crippen LogP contribution is 2.36. The van der Waals surface area contributed by atoms with Crippen LogP contribution in [0.2, 0.25) is 0 Å². The van der Waals surface area contributed by atoms with Crippen LogP contribution in [0.15, 0.2) is 30.6 Å². The molecule has 0 saturated heterocycles. The minimum Gasteiger partial charge on any atom is -0.465 e. The van der Waals surface area contributed by atoms with Gasteiger partial charge >= 0.3 is 5.97 Å². The van der Waals surface area contributed by atoms with Gasteiger partial charge in [0, 0.05) is 30.6 Å². The third kappa shape index (κ3) is 2.40. The zero-order valence-electron chi connectivity index (χ0n) is 12.6. The van der Waals surface area contributed by atoms with Gasteiger partial charge in [-0.3, -0.25) is 0 Å². The lowest BCUT2D eigenvalue weighted by molar-refractivity contribution is 0.0606. The molecule has 0 saturated carbocycles. The van der Waals surface area contributed by atoms with E-state index in [9.17, 15) is 4.79 Å². The number of pyridine rings is 1. The summed E-state index contributed by atoms with van der Waals surface area (Å²) in [5.74, 6) is -0.354. The predicted octanol–water partition coefficient (Wildman–Crippen LogP) is 3.33. The molecule has 3 heterocycles. The van der Waals surface area contributed by atoms with Gasteiger partial charge in [-0.25, -0.2) is 9.78 Å². The Morgan fingerprint density at radius 1 is 1.32 bits per heavy atom. The van der Waals surface area contributed by atoms with E-state index in [1.807, 2.05) is 42.1 Å². The largest absolute Gasteiger partial charge is 0.465 e. The molecule has 0 amide bonds. The second-order valence-corrected chi connectivity index (χ2v) is 5.90. The quantitative estimate of drug-likeness (QED) is 0.693. The van der Waals surface area contributed by atoms with Gasteiger partial charge in [-0.05, 0) is 30.7 Å². The summed E-state index contributed by atoms with van der Waals surface area (Å²) in [6.07, 6.45) is 3.81. The maximum Gasteiger partial charge on any atom is 0.350 e. The number of ether oxygens (including phenoxy) is 2. The highest BCUT2D eigenvalue weighted by atomic mass is 32.1. The lowest BCUT2D eigenvalue weighted by Crippen LogP contribution is -2.04. The van der Waals surface area contributed by atoms with Crippen molar-refractivity contribution < 1.29 is 14.3 Å². The number of hydrogen-bond donors (Lipinski definition) is 0. The molecule has 0 unspecified atom stereocenters. The summed E-state index contributed by atoms with van der Waals surface area (Å²) >= 11 is 1.35. The van der Waals surface area contributed by atoms with Crippen molar-refractivity contribution in [1.82, 2.24) is 9.55 Å². The van der Waals surface area contributed by atoms with Crippen LogP contribution in [0.5, 0.6) is 0 Å². The number of hydrogen-bond acceptors (Lipinski definition) is 5. The average molecular weight is 316 g/mol.